The molecule has 0 bridgehead atoms. The number of hydrogen-bond donors (Lipinski definition) is 1. The van der Waals surface area contributed by atoms with Crippen molar-refractivity contribution in [3.05, 3.63) is 12.7 Å². The third-order valence-electron chi connectivity index (χ3n) is 3.31. The van der Waals surface area contributed by atoms with Gasteiger partial charge in [0.2, 0.25) is 0 Å². The Morgan fingerprint density at radius 1 is 1.59 bits per heavy atom. The van der Waals surface area contributed by atoms with Crippen LogP contribution in [-0.4, -0.2) is 26.3 Å². The van der Waals surface area contributed by atoms with E-state index in [1.54, 1.807) is 12.7 Å². The fraction of sp³-hybridized carbons (Fsp3) is 0.750. The van der Waals surface area contributed by atoms with Gasteiger partial charge in [-0.25, -0.2) is 9.67 Å². The first-order valence-electron chi connectivity index (χ1n) is 6.18. The Morgan fingerprint density at radius 3 is 3.00 bits per heavy atom. The van der Waals surface area contributed by atoms with Gasteiger partial charge in [0.15, 0.2) is 0 Å². The van der Waals surface area contributed by atoms with Crippen LogP contribution in [0.3, 0.4) is 0 Å². The maximum absolute atomic E-state index is 9.45. The van der Waals surface area contributed by atoms with Crippen molar-refractivity contribution < 1.29 is 0 Å². The third kappa shape index (κ3) is 2.64. The SMILES string of the molecule is CC(C)NC1(C#N)CCCC(n2cncn2)C1. The zero-order chi connectivity index (χ0) is 12.3. The van der Waals surface area contributed by atoms with Crippen molar-refractivity contribution in [1.82, 2.24) is 20.1 Å². The Bertz CT molecular complexity index is 392. The van der Waals surface area contributed by atoms with Crippen LogP contribution >= 0.6 is 0 Å². The van der Waals surface area contributed by atoms with E-state index in [9.17, 15) is 5.26 Å². The Hall–Kier alpha value is -1.41. The van der Waals surface area contributed by atoms with Gasteiger partial charge < -0.3 is 0 Å². The van der Waals surface area contributed by atoms with Gasteiger partial charge in [-0.2, -0.15) is 10.4 Å². The van der Waals surface area contributed by atoms with Crippen molar-refractivity contribution in [3.63, 3.8) is 0 Å². The second kappa shape index (κ2) is 4.84. The fourth-order valence-corrected chi connectivity index (χ4v) is 2.70. The van der Waals surface area contributed by atoms with E-state index >= 15 is 0 Å². The maximum Gasteiger partial charge on any atom is 0.137 e. The summed E-state index contributed by atoms with van der Waals surface area (Å²) in [5, 5.41) is 17.0. The summed E-state index contributed by atoms with van der Waals surface area (Å²) in [6, 6.07) is 3.08. The van der Waals surface area contributed by atoms with Crippen molar-refractivity contribution in [2.45, 2.75) is 57.2 Å². The lowest BCUT2D eigenvalue weighted by Gasteiger charge is -2.37. The molecule has 1 saturated carbocycles. The predicted molar refractivity (Wildman–Crippen MR) is 64.1 cm³/mol. The smallest absolute Gasteiger partial charge is 0.137 e. The Balaban J connectivity index is 2.12. The highest BCUT2D eigenvalue weighted by Crippen LogP contribution is 2.34. The summed E-state index contributed by atoms with van der Waals surface area (Å²) in [5.74, 6) is 0. The summed E-state index contributed by atoms with van der Waals surface area (Å²) in [6.07, 6.45) is 7.16. The van der Waals surface area contributed by atoms with Gasteiger partial charge in [0.25, 0.3) is 0 Å². The summed E-state index contributed by atoms with van der Waals surface area (Å²) in [7, 11) is 0. The molecule has 2 atom stereocenters. The van der Waals surface area contributed by atoms with Crippen LogP contribution < -0.4 is 5.32 Å². The summed E-state index contributed by atoms with van der Waals surface area (Å²) in [4.78, 5) is 3.98. The monoisotopic (exact) mass is 233 g/mol. The maximum atomic E-state index is 9.45. The van der Waals surface area contributed by atoms with Crippen LogP contribution in [0, 0.1) is 11.3 Å². The average Bonchev–Trinajstić information content (AvgIpc) is 2.82. The van der Waals surface area contributed by atoms with Crippen molar-refractivity contribution in [3.8, 4) is 6.07 Å². The van der Waals surface area contributed by atoms with Crippen LogP contribution in [0.1, 0.15) is 45.6 Å². The van der Waals surface area contributed by atoms with E-state index in [-0.39, 0.29) is 6.04 Å². The van der Waals surface area contributed by atoms with Gasteiger partial charge >= 0.3 is 0 Å². The molecular formula is C12H19N5. The number of nitrogens with zero attached hydrogens (tertiary/aromatic N) is 4. The lowest BCUT2D eigenvalue weighted by atomic mass is 9.79. The Labute approximate surface area is 102 Å². The highest BCUT2D eigenvalue weighted by molar-refractivity contribution is 5.11. The average molecular weight is 233 g/mol. The second-order valence-corrected chi connectivity index (χ2v) is 5.12. The molecule has 0 saturated heterocycles. The molecule has 1 heterocycles. The molecule has 0 spiro atoms. The van der Waals surface area contributed by atoms with Gasteiger partial charge in [-0.3, -0.25) is 5.32 Å². The van der Waals surface area contributed by atoms with Crippen LogP contribution in [0.25, 0.3) is 0 Å². The first-order chi connectivity index (χ1) is 8.15. The molecular weight excluding hydrogens is 214 g/mol. The molecule has 92 valence electrons. The van der Waals surface area contributed by atoms with Gasteiger partial charge in [0.1, 0.15) is 18.2 Å². The Kier molecular flexibility index (Phi) is 3.43. The largest absolute Gasteiger partial charge is 0.297 e. The van der Waals surface area contributed by atoms with Crippen molar-refractivity contribution in [1.29, 1.82) is 5.26 Å². The molecule has 1 aromatic rings. The number of aromatic nitrogens is 3. The zero-order valence-electron chi connectivity index (χ0n) is 10.4. The molecule has 2 unspecified atom stereocenters. The molecule has 0 aromatic carbocycles. The minimum atomic E-state index is -0.400. The molecule has 2 rings (SSSR count). The zero-order valence-corrected chi connectivity index (χ0v) is 10.4. The van der Waals surface area contributed by atoms with Crippen molar-refractivity contribution in [2.24, 2.45) is 0 Å². The highest BCUT2D eigenvalue weighted by Gasteiger charge is 2.37. The molecule has 1 fully saturated rings. The molecule has 1 aromatic heterocycles. The van der Waals surface area contributed by atoms with E-state index < -0.39 is 5.54 Å². The molecule has 1 aliphatic carbocycles. The van der Waals surface area contributed by atoms with Gasteiger partial charge in [-0.15, -0.1) is 0 Å². The minimum absolute atomic E-state index is 0.289. The molecule has 5 heteroatoms. The van der Waals surface area contributed by atoms with Gasteiger partial charge in [-0.05, 0) is 33.1 Å². The van der Waals surface area contributed by atoms with Crippen LogP contribution in [0.2, 0.25) is 0 Å². The quantitative estimate of drug-likeness (QED) is 0.862. The summed E-state index contributed by atoms with van der Waals surface area (Å²) in [6.45, 7) is 4.16. The van der Waals surface area contributed by atoms with E-state index in [2.05, 4.69) is 35.3 Å². The number of rotatable bonds is 3. The standard InChI is InChI=1S/C12H19N5/c1-10(2)16-12(7-13)5-3-4-11(6-12)17-9-14-8-15-17/h8-11,16H,3-6H2,1-2H3. The normalized spacial score (nSPS) is 29.2. The summed E-state index contributed by atoms with van der Waals surface area (Å²) >= 11 is 0. The lowest BCUT2D eigenvalue weighted by Crippen LogP contribution is -2.50. The molecule has 0 amide bonds. The van der Waals surface area contributed by atoms with E-state index in [1.165, 1.54) is 0 Å². The van der Waals surface area contributed by atoms with Crippen molar-refractivity contribution in [2.75, 3.05) is 0 Å². The minimum Gasteiger partial charge on any atom is -0.297 e. The third-order valence-corrected chi connectivity index (χ3v) is 3.31. The van der Waals surface area contributed by atoms with Crippen molar-refractivity contribution >= 4 is 0 Å². The van der Waals surface area contributed by atoms with Gasteiger partial charge in [0.05, 0.1) is 12.1 Å². The molecule has 5 nitrogen and oxygen atoms in total. The van der Waals surface area contributed by atoms with E-state index in [0.29, 0.717) is 6.04 Å². The predicted octanol–water partition coefficient (Wildman–Crippen LogP) is 1.65. The van der Waals surface area contributed by atoms with Crippen LogP contribution in [0.4, 0.5) is 0 Å². The first kappa shape index (κ1) is 12.1. The molecule has 0 aliphatic heterocycles. The summed E-state index contributed by atoms with van der Waals surface area (Å²) < 4.78 is 1.88. The number of hydrogen-bond acceptors (Lipinski definition) is 4. The topological polar surface area (TPSA) is 66.5 Å². The molecule has 17 heavy (non-hydrogen) atoms. The van der Waals surface area contributed by atoms with Crippen LogP contribution in [0.15, 0.2) is 12.7 Å². The number of nitrogens with one attached hydrogen (secondary N) is 1. The highest BCUT2D eigenvalue weighted by atomic mass is 15.3. The Morgan fingerprint density at radius 2 is 2.41 bits per heavy atom. The van der Waals surface area contributed by atoms with Gasteiger partial charge in [-0.1, -0.05) is 0 Å². The summed E-state index contributed by atoms with van der Waals surface area (Å²) in [5.41, 5.74) is -0.400. The van der Waals surface area contributed by atoms with E-state index in [1.807, 2.05) is 4.68 Å². The van der Waals surface area contributed by atoms with Gasteiger partial charge in [0, 0.05) is 12.5 Å². The van der Waals surface area contributed by atoms with Crippen LogP contribution in [-0.2, 0) is 0 Å². The lowest BCUT2D eigenvalue weighted by molar-refractivity contribution is 0.209. The molecule has 1 N–H and O–H groups in total. The van der Waals surface area contributed by atoms with E-state index in [0.717, 1.165) is 25.7 Å². The fourth-order valence-electron chi connectivity index (χ4n) is 2.70. The number of nitriles is 1. The first-order valence-corrected chi connectivity index (χ1v) is 6.18. The molecule has 1 aliphatic rings. The van der Waals surface area contributed by atoms with E-state index in [4.69, 9.17) is 0 Å². The van der Waals surface area contributed by atoms with Crippen LogP contribution in [0.5, 0.6) is 0 Å². The second-order valence-electron chi connectivity index (χ2n) is 5.12. The molecule has 0 radical (unpaired) electrons.